The number of H-pyrrole nitrogens is 1. The van der Waals surface area contributed by atoms with E-state index in [-0.39, 0.29) is 11.9 Å². The van der Waals surface area contributed by atoms with Crippen molar-refractivity contribution in [3.63, 3.8) is 0 Å². The van der Waals surface area contributed by atoms with Crippen molar-refractivity contribution in [1.29, 1.82) is 0 Å². The number of aromatic nitrogens is 3. The standard InChI is InChI=1S/C20H24N4O/c1-12(2)10-17(15-8-6-5-7-9-15)22-20(25)16-11-13(3)21-19-18(16)14(4)23-24-19/h5-9,11-12,17H,10H2,1-4H3,(H,22,25)(H,21,23,24)/t17-/m0/s1. The number of benzene rings is 1. The van der Waals surface area contributed by atoms with Gasteiger partial charge in [0.05, 0.1) is 17.0 Å². The topological polar surface area (TPSA) is 70.7 Å². The minimum absolute atomic E-state index is 0.0237. The summed E-state index contributed by atoms with van der Waals surface area (Å²) in [6, 6.07) is 11.9. The van der Waals surface area contributed by atoms with Crippen LogP contribution < -0.4 is 5.32 Å². The number of hydrogen-bond donors (Lipinski definition) is 2. The fourth-order valence-corrected chi connectivity index (χ4v) is 3.15. The molecule has 2 heterocycles. The van der Waals surface area contributed by atoms with Gasteiger partial charge in [0.2, 0.25) is 0 Å². The maximum atomic E-state index is 13.0. The number of hydrogen-bond acceptors (Lipinski definition) is 3. The summed E-state index contributed by atoms with van der Waals surface area (Å²) in [5, 5.41) is 11.1. The monoisotopic (exact) mass is 336 g/mol. The number of fused-ring (bicyclic) bond motifs is 1. The summed E-state index contributed by atoms with van der Waals surface area (Å²) in [4.78, 5) is 17.4. The Morgan fingerprint density at radius 3 is 2.60 bits per heavy atom. The number of nitrogens with zero attached hydrogens (tertiary/aromatic N) is 2. The van der Waals surface area contributed by atoms with Crippen molar-refractivity contribution in [3.05, 3.63) is 58.9 Å². The van der Waals surface area contributed by atoms with Crippen LogP contribution in [-0.4, -0.2) is 21.1 Å². The molecule has 1 amide bonds. The van der Waals surface area contributed by atoms with Gasteiger partial charge in [0.1, 0.15) is 0 Å². The summed E-state index contributed by atoms with van der Waals surface area (Å²) in [6.07, 6.45) is 0.882. The fraction of sp³-hybridized carbons (Fsp3) is 0.350. The molecule has 25 heavy (non-hydrogen) atoms. The van der Waals surface area contributed by atoms with Crippen LogP contribution in [0.2, 0.25) is 0 Å². The van der Waals surface area contributed by atoms with Crippen molar-refractivity contribution in [2.24, 2.45) is 5.92 Å². The number of rotatable bonds is 5. The number of amides is 1. The van der Waals surface area contributed by atoms with Crippen LogP contribution in [0.25, 0.3) is 11.0 Å². The third-order valence-corrected chi connectivity index (χ3v) is 4.29. The van der Waals surface area contributed by atoms with Crippen LogP contribution in [0.4, 0.5) is 0 Å². The molecule has 0 saturated carbocycles. The minimum Gasteiger partial charge on any atom is -0.345 e. The number of aromatic amines is 1. The Hall–Kier alpha value is -2.69. The lowest BCUT2D eigenvalue weighted by Crippen LogP contribution is -2.29. The van der Waals surface area contributed by atoms with Gasteiger partial charge in [-0.1, -0.05) is 44.2 Å². The van der Waals surface area contributed by atoms with Crippen molar-refractivity contribution < 1.29 is 4.79 Å². The number of pyridine rings is 1. The Morgan fingerprint density at radius 2 is 1.92 bits per heavy atom. The first-order chi connectivity index (χ1) is 12.0. The van der Waals surface area contributed by atoms with Gasteiger partial charge in [-0.2, -0.15) is 5.10 Å². The van der Waals surface area contributed by atoms with Crippen molar-refractivity contribution in [2.75, 3.05) is 0 Å². The minimum atomic E-state index is -0.0884. The lowest BCUT2D eigenvalue weighted by Gasteiger charge is -2.21. The van der Waals surface area contributed by atoms with E-state index < -0.39 is 0 Å². The Balaban J connectivity index is 1.96. The molecule has 0 unspecified atom stereocenters. The van der Waals surface area contributed by atoms with Crippen molar-refractivity contribution in [3.8, 4) is 0 Å². The SMILES string of the molecule is Cc1cc(C(=O)N[C@@H](CC(C)C)c2ccccc2)c2c(C)[nH]nc2n1. The van der Waals surface area contributed by atoms with E-state index in [2.05, 4.69) is 46.5 Å². The lowest BCUT2D eigenvalue weighted by molar-refractivity contribution is 0.0933. The second-order valence-electron chi connectivity index (χ2n) is 6.92. The van der Waals surface area contributed by atoms with E-state index in [9.17, 15) is 4.79 Å². The quantitative estimate of drug-likeness (QED) is 0.737. The Bertz CT molecular complexity index is 883. The highest BCUT2D eigenvalue weighted by atomic mass is 16.1. The van der Waals surface area contributed by atoms with Gasteiger partial charge >= 0.3 is 0 Å². The average molecular weight is 336 g/mol. The zero-order chi connectivity index (χ0) is 18.0. The van der Waals surface area contributed by atoms with Crippen molar-refractivity contribution in [2.45, 2.75) is 40.2 Å². The van der Waals surface area contributed by atoms with Crippen LogP contribution in [-0.2, 0) is 0 Å². The fourth-order valence-electron chi connectivity index (χ4n) is 3.15. The first kappa shape index (κ1) is 17.1. The molecule has 0 saturated heterocycles. The Kier molecular flexibility index (Phi) is 4.83. The highest BCUT2D eigenvalue weighted by Gasteiger charge is 2.21. The molecule has 5 nitrogen and oxygen atoms in total. The molecule has 3 rings (SSSR count). The van der Waals surface area contributed by atoms with Gasteiger partial charge < -0.3 is 5.32 Å². The van der Waals surface area contributed by atoms with Gasteiger partial charge in [0, 0.05) is 11.4 Å². The van der Waals surface area contributed by atoms with Gasteiger partial charge in [-0.15, -0.1) is 0 Å². The highest BCUT2D eigenvalue weighted by Crippen LogP contribution is 2.24. The first-order valence-corrected chi connectivity index (χ1v) is 8.64. The van der Waals surface area contributed by atoms with Gasteiger partial charge in [-0.05, 0) is 37.8 Å². The first-order valence-electron chi connectivity index (χ1n) is 8.64. The zero-order valence-corrected chi connectivity index (χ0v) is 15.1. The molecule has 2 N–H and O–H groups in total. The second-order valence-corrected chi connectivity index (χ2v) is 6.92. The Labute approximate surface area is 147 Å². The van der Waals surface area contributed by atoms with Crippen LogP contribution in [0.15, 0.2) is 36.4 Å². The van der Waals surface area contributed by atoms with Crippen LogP contribution in [0, 0.1) is 19.8 Å². The van der Waals surface area contributed by atoms with Gasteiger partial charge in [0.15, 0.2) is 5.65 Å². The van der Waals surface area contributed by atoms with Crippen molar-refractivity contribution >= 4 is 16.9 Å². The average Bonchev–Trinajstić information content (AvgIpc) is 2.94. The van der Waals surface area contributed by atoms with Gasteiger partial charge in [0.25, 0.3) is 5.91 Å². The summed E-state index contributed by atoms with van der Waals surface area (Å²) in [5.74, 6) is 0.384. The van der Waals surface area contributed by atoms with E-state index in [1.165, 1.54) is 0 Å². The predicted molar refractivity (Wildman–Crippen MR) is 99.5 cm³/mol. The predicted octanol–water partition coefficient (Wildman–Crippen LogP) is 4.09. The van der Waals surface area contributed by atoms with Crippen LogP contribution in [0.1, 0.15) is 53.6 Å². The molecule has 3 aromatic rings. The van der Waals surface area contributed by atoms with Crippen LogP contribution in [0.5, 0.6) is 0 Å². The number of nitrogens with one attached hydrogen (secondary N) is 2. The van der Waals surface area contributed by atoms with E-state index >= 15 is 0 Å². The smallest absolute Gasteiger partial charge is 0.252 e. The molecule has 1 aromatic carbocycles. The number of carbonyl (C=O) groups excluding carboxylic acids is 1. The van der Waals surface area contributed by atoms with E-state index in [0.717, 1.165) is 28.8 Å². The van der Waals surface area contributed by atoms with Crippen LogP contribution >= 0.6 is 0 Å². The molecule has 0 aliphatic heterocycles. The van der Waals surface area contributed by atoms with E-state index in [1.807, 2.05) is 38.1 Å². The largest absolute Gasteiger partial charge is 0.345 e. The van der Waals surface area contributed by atoms with Crippen molar-refractivity contribution in [1.82, 2.24) is 20.5 Å². The molecule has 0 fully saturated rings. The third-order valence-electron chi connectivity index (χ3n) is 4.29. The third kappa shape index (κ3) is 3.71. The molecule has 0 aliphatic rings. The molecule has 0 bridgehead atoms. The molecular formula is C20H24N4O. The summed E-state index contributed by atoms with van der Waals surface area (Å²) < 4.78 is 0. The molecule has 0 spiro atoms. The van der Waals surface area contributed by atoms with Gasteiger partial charge in [-0.25, -0.2) is 4.98 Å². The molecular weight excluding hydrogens is 312 g/mol. The summed E-state index contributed by atoms with van der Waals surface area (Å²) in [7, 11) is 0. The summed E-state index contributed by atoms with van der Waals surface area (Å²) in [5.41, 5.74) is 3.97. The normalized spacial score (nSPS) is 12.5. The summed E-state index contributed by atoms with van der Waals surface area (Å²) in [6.45, 7) is 8.11. The maximum Gasteiger partial charge on any atom is 0.252 e. The molecule has 0 radical (unpaired) electrons. The van der Waals surface area contributed by atoms with Crippen LogP contribution in [0.3, 0.4) is 0 Å². The molecule has 2 aromatic heterocycles. The lowest BCUT2D eigenvalue weighted by atomic mass is 9.96. The number of carbonyl (C=O) groups is 1. The second kappa shape index (κ2) is 7.05. The van der Waals surface area contributed by atoms with Gasteiger partial charge in [-0.3, -0.25) is 9.89 Å². The van der Waals surface area contributed by atoms with E-state index in [4.69, 9.17) is 0 Å². The zero-order valence-electron chi connectivity index (χ0n) is 15.1. The molecule has 130 valence electrons. The summed E-state index contributed by atoms with van der Waals surface area (Å²) >= 11 is 0. The van der Waals surface area contributed by atoms with E-state index in [1.54, 1.807) is 0 Å². The van der Waals surface area contributed by atoms with E-state index in [0.29, 0.717) is 17.1 Å². The Morgan fingerprint density at radius 1 is 1.20 bits per heavy atom. The molecule has 1 atom stereocenters. The molecule has 5 heteroatoms. The molecule has 0 aliphatic carbocycles. The maximum absolute atomic E-state index is 13.0. The number of aryl methyl sites for hydroxylation is 2. The highest BCUT2D eigenvalue weighted by molar-refractivity contribution is 6.06.